The van der Waals surface area contributed by atoms with Gasteiger partial charge in [-0.05, 0) is 53.8 Å². The number of ether oxygens (including phenoxy) is 1. The summed E-state index contributed by atoms with van der Waals surface area (Å²) in [6.07, 6.45) is -4.14. The Balaban J connectivity index is 1.91. The van der Waals surface area contributed by atoms with Gasteiger partial charge in [0.05, 0.1) is 10.2 Å². The highest BCUT2D eigenvalue weighted by molar-refractivity contribution is 9.10. The second-order valence-electron chi connectivity index (χ2n) is 7.76. The molecule has 2 atom stereocenters. The van der Waals surface area contributed by atoms with E-state index in [1.54, 1.807) is 24.3 Å². The summed E-state index contributed by atoms with van der Waals surface area (Å²) in [5.74, 6) is -1.23. The van der Waals surface area contributed by atoms with Gasteiger partial charge in [0.2, 0.25) is 0 Å². The fourth-order valence-electron chi connectivity index (χ4n) is 4.43. The number of nitro groups is 1. The number of hydrogen-bond acceptors (Lipinski definition) is 5. The number of fused-ring (bicyclic) bond motifs is 1. The molecule has 1 aliphatic carbocycles. The molecule has 6 nitrogen and oxygen atoms in total. The minimum atomic E-state index is -4.90. The van der Waals surface area contributed by atoms with Crippen LogP contribution in [0.5, 0.6) is 5.75 Å². The van der Waals surface area contributed by atoms with Crippen LogP contribution < -0.4 is 4.74 Å². The number of hydrogen-bond donors (Lipinski definition) is 0. The van der Waals surface area contributed by atoms with Crippen LogP contribution in [-0.4, -0.2) is 19.7 Å². The van der Waals surface area contributed by atoms with Crippen LogP contribution in [0.2, 0.25) is 0 Å². The molecule has 3 aromatic carbocycles. The third kappa shape index (κ3) is 4.67. The number of halogens is 4. The fraction of sp³-hybridized carbons (Fsp3) is 0.217. The molecule has 0 aliphatic heterocycles. The van der Waals surface area contributed by atoms with Crippen LogP contribution in [-0.2, 0) is 16.3 Å². The normalized spacial score (nSPS) is 18.2. The van der Waals surface area contributed by atoms with Crippen LogP contribution in [0.3, 0.4) is 0 Å². The minimum absolute atomic E-state index is 0.301. The van der Waals surface area contributed by atoms with Gasteiger partial charge in [0.15, 0.2) is 9.84 Å². The molecule has 4 rings (SSSR count). The molecule has 1 aliphatic rings. The number of rotatable bonds is 5. The lowest BCUT2D eigenvalue weighted by atomic mass is 9.79. The Morgan fingerprint density at radius 1 is 1.03 bits per heavy atom. The molecule has 0 amide bonds. The molecule has 0 radical (unpaired) electrons. The van der Waals surface area contributed by atoms with Gasteiger partial charge in [-0.1, -0.05) is 52.3 Å². The first-order chi connectivity index (χ1) is 16.0. The SMILES string of the molecule is O=[N+]([O-])c1ccccc1S(=O)(=O)C1c2cccc(Br)c2CCC1c1cccc(OC(F)(F)F)c1. The molecule has 0 N–H and O–H groups in total. The number of nitrogens with zero attached hydrogens (tertiary/aromatic N) is 1. The summed E-state index contributed by atoms with van der Waals surface area (Å²) >= 11 is 3.44. The number of nitro benzene ring substituents is 1. The molecule has 3 aromatic rings. The lowest BCUT2D eigenvalue weighted by Gasteiger charge is -2.34. The van der Waals surface area contributed by atoms with Gasteiger partial charge >= 0.3 is 6.36 Å². The number of alkyl halides is 3. The van der Waals surface area contributed by atoms with Gasteiger partial charge in [0, 0.05) is 16.5 Å². The maximum atomic E-state index is 14.0. The highest BCUT2D eigenvalue weighted by atomic mass is 79.9. The van der Waals surface area contributed by atoms with Crippen molar-refractivity contribution in [3.8, 4) is 5.75 Å². The molecule has 0 saturated heterocycles. The fourth-order valence-corrected chi connectivity index (χ4v) is 7.26. The molecule has 0 saturated carbocycles. The molecule has 0 bridgehead atoms. The van der Waals surface area contributed by atoms with E-state index in [9.17, 15) is 31.7 Å². The second-order valence-corrected chi connectivity index (χ2v) is 10.7. The van der Waals surface area contributed by atoms with Gasteiger partial charge in [-0.15, -0.1) is 13.2 Å². The first kappa shape index (κ1) is 24.2. The van der Waals surface area contributed by atoms with Gasteiger partial charge in [-0.2, -0.15) is 0 Å². The van der Waals surface area contributed by atoms with Crippen LogP contribution in [0.1, 0.15) is 34.3 Å². The summed E-state index contributed by atoms with van der Waals surface area (Å²) in [5.41, 5.74) is 0.969. The van der Waals surface area contributed by atoms with Crippen LogP contribution >= 0.6 is 15.9 Å². The van der Waals surface area contributed by atoms with Crippen molar-refractivity contribution in [1.82, 2.24) is 0 Å². The van der Waals surface area contributed by atoms with Crippen molar-refractivity contribution in [3.63, 3.8) is 0 Å². The zero-order valence-corrected chi connectivity index (χ0v) is 19.7. The number of para-hydroxylation sites is 1. The lowest BCUT2D eigenvalue weighted by molar-refractivity contribution is -0.387. The van der Waals surface area contributed by atoms with E-state index in [0.717, 1.165) is 17.7 Å². The molecule has 2 unspecified atom stereocenters. The molecular formula is C23H17BrF3NO5S. The molecule has 0 spiro atoms. The quantitative estimate of drug-likeness (QED) is 0.265. The van der Waals surface area contributed by atoms with E-state index in [0.29, 0.717) is 28.4 Å². The first-order valence-electron chi connectivity index (χ1n) is 10.1. The minimum Gasteiger partial charge on any atom is -0.406 e. The van der Waals surface area contributed by atoms with Crippen molar-refractivity contribution >= 4 is 31.5 Å². The van der Waals surface area contributed by atoms with E-state index in [1.165, 1.54) is 30.3 Å². The third-order valence-electron chi connectivity index (χ3n) is 5.76. The maximum absolute atomic E-state index is 14.0. The van der Waals surface area contributed by atoms with E-state index < -0.39 is 48.6 Å². The molecule has 0 heterocycles. The Hall–Kier alpha value is -2.92. The Morgan fingerprint density at radius 2 is 1.74 bits per heavy atom. The van der Waals surface area contributed by atoms with Gasteiger partial charge in [-0.3, -0.25) is 10.1 Å². The maximum Gasteiger partial charge on any atom is 0.573 e. The van der Waals surface area contributed by atoms with Crippen LogP contribution in [0, 0.1) is 10.1 Å². The topological polar surface area (TPSA) is 86.5 Å². The smallest absolute Gasteiger partial charge is 0.406 e. The number of sulfone groups is 1. The first-order valence-corrected chi connectivity index (χ1v) is 12.4. The summed E-state index contributed by atoms with van der Waals surface area (Å²) in [5, 5.41) is 10.3. The summed E-state index contributed by atoms with van der Waals surface area (Å²) in [7, 11) is -4.34. The van der Waals surface area contributed by atoms with E-state index >= 15 is 0 Å². The van der Waals surface area contributed by atoms with Gasteiger partial charge in [-0.25, -0.2) is 8.42 Å². The largest absolute Gasteiger partial charge is 0.573 e. The summed E-state index contributed by atoms with van der Waals surface area (Å²) in [6, 6.07) is 15.3. The van der Waals surface area contributed by atoms with Crippen LogP contribution in [0.25, 0.3) is 0 Å². The van der Waals surface area contributed by atoms with Crippen molar-refractivity contribution in [3.05, 3.63) is 98.0 Å². The zero-order chi connectivity index (χ0) is 24.7. The van der Waals surface area contributed by atoms with Crippen molar-refractivity contribution < 1.29 is 31.2 Å². The Morgan fingerprint density at radius 3 is 2.44 bits per heavy atom. The molecule has 11 heteroatoms. The Bertz CT molecular complexity index is 1360. The highest BCUT2D eigenvalue weighted by Gasteiger charge is 2.43. The van der Waals surface area contributed by atoms with Crippen molar-refractivity contribution in [2.75, 3.05) is 0 Å². The van der Waals surface area contributed by atoms with Crippen LogP contribution in [0.4, 0.5) is 18.9 Å². The van der Waals surface area contributed by atoms with Crippen molar-refractivity contribution in [1.29, 1.82) is 0 Å². The van der Waals surface area contributed by atoms with E-state index in [2.05, 4.69) is 20.7 Å². The van der Waals surface area contributed by atoms with E-state index in [-0.39, 0.29) is 0 Å². The number of benzene rings is 3. The third-order valence-corrected chi connectivity index (χ3v) is 8.71. The summed E-state index contributed by atoms with van der Waals surface area (Å²) < 4.78 is 71.0. The van der Waals surface area contributed by atoms with Gasteiger partial charge in [0.1, 0.15) is 10.6 Å². The van der Waals surface area contributed by atoms with Gasteiger partial charge < -0.3 is 4.74 Å². The predicted molar refractivity (Wildman–Crippen MR) is 121 cm³/mol. The van der Waals surface area contributed by atoms with Crippen LogP contribution in [0.15, 0.2) is 76.1 Å². The molecule has 0 aromatic heterocycles. The summed E-state index contributed by atoms with van der Waals surface area (Å²) in [4.78, 5) is 10.4. The average molecular weight is 556 g/mol. The Kier molecular flexibility index (Phi) is 6.43. The van der Waals surface area contributed by atoms with Gasteiger partial charge in [0.25, 0.3) is 5.69 Å². The monoisotopic (exact) mass is 555 g/mol. The lowest BCUT2D eigenvalue weighted by Crippen LogP contribution is -2.27. The highest BCUT2D eigenvalue weighted by Crippen LogP contribution is 2.50. The van der Waals surface area contributed by atoms with Crippen molar-refractivity contribution in [2.24, 2.45) is 0 Å². The standard InChI is InChI=1S/C23H17BrF3NO5S/c24-19-8-4-7-18-17(19)12-11-16(14-5-3-6-15(13-14)33-23(25,26)27)22(18)34(31,32)21-10-2-1-9-20(21)28(29)30/h1-10,13,16,22H,11-12H2. The predicted octanol–water partition coefficient (Wildman–Crippen LogP) is 6.50. The molecule has 34 heavy (non-hydrogen) atoms. The summed E-state index contributed by atoms with van der Waals surface area (Å²) in [6.45, 7) is 0. The molecule has 178 valence electrons. The second kappa shape index (κ2) is 9.03. The zero-order valence-electron chi connectivity index (χ0n) is 17.3. The van der Waals surface area contributed by atoms with E-state index in [1.807, 2.05) is 0 Å². The molecule has 0 fully saturated rings. The molecular weight excluding hydrogens is 539 g/mol. The Labute approximate surface area is 201 Å². The van der Waals surface area contributed by atoms with E-state index in [4.69, 9.17) is 0 Å². The van der Waals surface area contributed by atoms with Crippen molar-refractivity contribution in [2.45, 2.75) is 35.3 Å². The average Bonchev–Trinajstić information content (AvgIpc) is 2.77.